The number of aldehydes is 1. The molecule has 0 bridgehead atoms. The van der Waals surface area contributed by atoms with E-state index in [-0.39, 0.29) is 0 Å². The Kier molecular flexibility index (Phi) is 3.61. The lowest BCUT2D eigenvalue weighted by molar-refractivity contribution is 0.112. The van der Waals surface area contributed by atoms with Gasteiger partial charge in [0.25, 0.3) is 0 Å². The van der Waals surface area contributed by atoms with Crippen molar-refractivity contribution < 1.29 is 9.53 Å². The zero-order chi connectivity index (χ0) is 12.3. The molecule has 3 nitrogen and oxygen atoms in total. The molecule has 1 heterocycles. The van der Waals surface area contributed by atoms with E-state index in [0.717, 1.165) is 6.29 Å². The van der Waals surface area contributed by atoms with Crippen molar-refractivity contribution in [1.29, 1.82) is 0 Å². The van der Waals surface area contributed by atoms with Crippen molar-refractivity contribution in [3.05, 3.63) is 52.1 Å². The molecule has 0 aliphatic rings. The van der Waals surface area contributed by atoms with Crippen LogP contribution in [-0.2, 0) is 0 Å². The third-order valence-corrected chi connectivity index (χ3v) is 2.75. The molecule has 0 spiro atoms. The van der Waals surface area contributed by atoms with Gasteiger partial charge in [0.05, 0.1) is 10.0 Å². The van der Waals surface area contributed by atoms with Crippen LogP contribution in [0, 0.1) is 0 Å². The first kappa shape index (κ1) is 11.9. The lowest BCUT2D eigenvalue weighted by Gasteiger charge is -2.05. The predicted molar refractivity (Wildman–Crippen MR) is 66.2 cm³/mol. The van der Waals surface area contributed by atoms with Gasteiger partial charge in [-0.2, -0.15) is 0 Å². The van der Waals surface area contributed by atoms with Gasteiger partial charge >= 0.3 is 0 Å². The van der Waals surface area contributed by atoms with E-state index in [0.29, 0.717) is 27.2 Å². The van der Waals surface area contributed by atoms with Crippen LogP contribution in [0.1, 0.15) is 10.4 Å². The summed E-state index contributed by atoms with van der Waals surface area (Å²) in [5.41, 5.74) is 0.492. The smallest absolute Gasteiger partial charge is 0.219 e. The van der Waals surface area contributed by atoms with Gasteiger partial charge in [-0.15, -0.1) is 0 Å². The largest absolute Gasteiger partial charge is 0.439 e. The van der Waals surface area contributed by atoms with E-state index in [4.69, 9.17) is 27.9 Å². The van der Waals surface area contributed by atoms with E-state index < -0.39 is 0 Å². The number of carbonyl (C=O) groups is 1. The monoisotopic (exact) mass is 267 g/mol. The number of pyridine rings is 1. The quantitative estimate of drug-likeness (QED) is 0.790. The second-order valence-corrected chi connectivity index (χ2v) is 4.04. The number of carbonyl (C=O) groups excluding carboxylic acids is 1. The van der Waals surface area contributed by atoms with E-state index in [1.807, 2.05) is 0 Å². The van der Waals surface area contributed by atoms with Crippen LogP contribution < -0.4 is 4.74 Å². The van der Waals surface area contributed by atoms with Crippen molar-refractivity contribution in [2.45, 2.75) is 0 Å². The number of benzene rings is 1. The van der Waals surface area contributed by atoms with Gasteiger partial charge in [-0.3, -0.25) is 4.79 Å². The standard InChI is InChI=1S/C12H7Cl2NO2/c13-10-3-2-9(5-11(10)14)17-12-4-1-8(7-16)6-15-12/h1-7H. The zero-order valence-electron chi connectivity index (χ0n) is 8.56. The summed E-state index contributed by atoms with van der Waals surface area (Å²) in [5.74, 6) is 0.916. The second-order valence-electron chi connectivity index (χ2n) is 3.23. The molecule has 0 radical (unpaired) electrons. The van der Waals surface area contributed by atoms with Crippen molar-refractivity contribution in [1.82, 2.24) is 4.98 Å². The average molecular weight is 268 g/mol. The highest BCUT2D eigenvalue weighted by molar-refractivity contribution is 6.42. The maximum atomic E-state index is 10.4. The molecule has 5 heteroatoms. The Bertz CT molecular complexity index is 541. The fourth-order valence-corrected chi connectivity index (χ4v) is 1.47. The first-order valence-electron chi connectivity index (χ1n) is 4.73. The first-order valence-corrected chi connectivity index (χ1v) is 5.49. The lowest BCUT2D eigenvalue weighted by atomic mass is 10.3. The Morgan fingerprint density at radius 1 is 1.12 bits per heavy atom. The maximum absolute atomic E-state index is 10.4. The summed E-state index contributed by atoms with van der Waals surface area (Å²) in [6.07, 6.45) is 2.15. The molecule has 1 aromatic carbocycles. The van der Waals surface area contributed by atoms with Crippen molar-refractivity contribution in [3.63, 3.8) is 0 Å². The second kappa shape index (κ2) is 5.17. The normalized spacial score (nSPS) is 10.0. The first-order chi connectivity index (χ1) is 8.19. The Balaban J connectivity index is 2.19. The van der Waals surface area contributed by atoms with Crippen LogP contribution in [0.15, 0.2) is 36.5 Å². The van der Waals surface area contributed by atoms with E-state index >= 15 is 0 Å². The van der Waals surface area contributed by atoms with Crippen molar-refractivity contribution in [2.75, 3.05) is 0 Å². The van der Waals surface area contributed by atoms with Crippen LogP contribution in [0.5, 0.6) is 11.6 Å². The van der Waals surface area contributed by atoms with Gasteiger partial charge in [0.15, 0.2) is 6.29 Å². The Hall–Kier alpha value is -1.58. The van der Waals surface area contributed by atoms with Crippen LogP contribution in [-0.4, -0.2) is 11.3 Å². The Morgan fingerprint density at radius 2 is 1.94 bits per heavy atom. The topological polar surface area (TPSA) is 39.2 Å². The molecule has 0 unspecified atom stereocenters. The Morgan fingerprint density at radius 3 is 2.53 bits per heavy atom. The summed E-state index contributed by atoms with van der Waals surface area (Å²) in [6, 6.07) is 8.14. The van der Waals surface area contributed by atoms with Crippen LogP contribution in [0.2, 0.25) is 10.0 Å². The SMILES string of the molecule is O=Cc1ccc(Oc2ccc(Cl)c(Cl)c2)nc1. The molecule has 0 fully saturated rings. The highest BCUT2D eigenvalue weighted by Gasteiger charge is 2.02. The molecule has 86 valence electrons. The van der Waals surface area contributed by atoms with E-state index in [9.17, 15) is 4.79 Å². The molecule has 0 N–H and O–H groups in total. The van der Waals surface area contributed by atoms with Crippen LogP contribution in [0.3, 0.4) is 0 Å². The molecule has 0 saturated heterocycles. The van der Waals surface area contributed by atoms with E-state index in [2.05, 4.69) is 4.98 Å². The molecule has 0 saturated carbocycles. The number of rotatable bonds is 3. The number of halogens is 2. The molecular weight excluding hydrogens is 261 g/mol. The highest BCUT2D eigenvalue weighted by atomic mass is 35.5. The lowest BCUT2D eigenvalue weighted by Crippen LogP contribution is -1.89. The van der Waals surface area contributed by atoms with Crippen LogP contribution in [0.25, 0.3) is 0 Å². The molecule has 0 aliphatic carbocycles. The number of hydrogen-bond donors (Lipinski definition) is 0. The van der Waals surface area contributed by atoms with Gasteiger partial charge in [-0.25, -0.2) is 4.98 Å². The average Bonchev–Trinajstić information content (AvgIpc) is 2.35. The van der Waals surface area contributed by atoms with Gasteiger partial charge in [0.1, 0.15) is 5.75 Å². The number of aromatic nitrogens is 1. The summed E-state index contributed by atoms with van der Waals surface area (Å²) in [7, 11) is 0. The fourth-order valence-electron chi connectivity index (χ4n) is 1.18. The number of nitrogens with zero attached hydrogens (tertiary/aromatic N) is 1. The zero-order valence-corrected chi connectivity index (χ0v) is 10.1. The minimum atomic E-state index is 0.383. The summed E-state index contributed by atoms with van der Waals surface area (Å²) in [5, 5.41) is 0.872. The number of hydrogen-bond acceptors (Lipinski definition) is 3. The number of ether oxygens (including phenoxy) is 1. The molecular formula is C12H7Cl2NO2. The summed E-state index contributed by atoms with van der Waals surface area (Å²) >= 11 is 11.6. The fraction of sp³-hybridized carbons (Fsp3) is 0. The van der Waals surface area contributed by atoms with E-state index in [1.54, 1.807) is 30.3 Å². The minimum absolute atomic E-state index is 0.383. The van der Waals surface area contributed by atoms with Gasteiger partial charge in [0.2, 0.25) is 5.88 Å². The molecule has 2 rings (SSSR count). The van der Waals surface area contributed by atoms with Gasteiger partial charge in [-0.05, 0) is 18.2 Å². The van der Waals surface area contributed by atoms with Crippen molar-refractivity contribution in [3.8, 4) is 11.6 Å². The minimum Gasteiger partial charge on any atom is -0.439 e. The molecule has 2 aromatic rings. The van der Waals surface area contributed by atoms with Gasteiger partial charge < -0.3 is 4.74 Å². The molecule has 0 atom stereocenters. The maximum Gasteiger partial charge on any atom is 0.219 e. The summed E-state index contributed by atoms with van der Waals surface area (Å²) in [6.45, 7) is 0. The highest BCUT2D eigenvalue weighted by Crippen LogP contribution is 2.28. The molecule has 0 amide bonds. The van der Waals surface area contributed by atoms with Crippen molar-refractivity contribution >= 4 is 29.5 Å². The van der Waals surface area contributed by atoms with E-state index in [1.165, 1.54) is 6.20 Å². The third-order valence-electron chi connectivity index (χ3n) is 2.01. The molecule has 0 aliphatic heterocycles. The summed E-state index contributed by atoms with van der Waals surface area (Å²) in [4.78, 5) is 14.4. The predicted octanol–water partition coefficient (Wildman–Crippen LogP) is 3.99. The Labute approximate surface area is 108 Å². The molecule has 1 aromatic heterocycles. The molecule has 17 heavy (non-hydrogen) atoms. The third kappa shape index (κ3) is 2.96. The van der Waals surface area contributed by atoms with Gasteiger partial charge in [0, 0.05) is 23.9 Å². The summed E-state index contributed by atoms with van der Waals surface area (Å²) < 4.78 is 5.44. The van der Waals surface area contributed by atoms with Crippen molar-refractivity contribution in [2.24, 2.45) is 0 Å². The van der Waals surface area contributed by atoms with Crippen LogP contribution in [0.4, 0.5) is 0 Å². The van der Waals surface area contributed by atoms with Gasteiger partial charge in [-0.1, -0.05) is 23.2 Å². The van der Waals surface area contributed by atoms with Crippen LogP contribution >= 0.6 is 23.2 Å².